The SMILES string of the molecule is Cc1cc(N2c3[c-]c(Oc4[c-]c(-n5[c](=[Pt])n(-c6c(-c7ccccc7)cccc6-c6ccccc6)c6ccccc65)ccc4)ccc3C3(c4ccccc42)c2ccc(-c4ccccc4)cc2N(c2ccccc2)c2cc(-c4ccccc4)ccc23)ncc1-c1ccc(C(C)(C)C)cc1. The smallest absolute Gasteiger partial charge is 0.310 e. The average molecular weight is 1430 g/mol. The molecule has 0 saturated carbocycles. The summed E-state index contributed by atoms with van der Waals surface area (Å²) in [6, 6.07) is 122. The van der Waals surface area contributed by atoms with Crippen LogP contribution in [0.1, 0.15) is 54.2 Å². The van der Waals surface area contributed by atoms with E-state index >= 15 is 0 Å². The molecule has 0 unspecified atom stereocenters. The second kappa shape index (κ2) is 24.1. The number of hydrogen-bond acceptors (Lipinski definition) is 4. The van der Waals surface area contributed by atoms with Crippen LogP contribution >= 0.6 is 0 Å². The average Bonchev–Trinajstić information content (AvgIpc) is 1.26. The first-order valence-electron chi connectivity index (χ1n) is 33.0. The minimum atomic E-state index is -0.908. The molecular formula is C90H65N5OPt-2. The summed E-state index contributed by atoms with van der Waals surface area (Å²) in [6.45, 7) is 8.97. The summed E-state index contributed by atoms with van der Waals surface area (Å²) >= 11 is 2.50. The fourth-order valence-corrected chi connectivity index (χ4v) is 15.9. The molecular weight excluding hydrogens is 1360 g/mol. The topological polar surface area (TPSA) is 38.5 Å². The van der Waals surface area contributed by atoms with Crippen LogP contribution in [0.4, 0.5) is 34.3 Å². The molecule has 0 amide bonds. The number of pyridine rings is 1. The van der Waals surface area contributed by atoms with Crippen LogP contribution < -0.4 is 14.5 Å². The van der Waals surface area contributed by atoms with E-state index in [9.17, 15) is 0 Å². The summed E-state index contributed by atoms with van der Waals surface area (Å²) in [5, 5.41) is 0. The van der Waals surface area contributed by atoms with Crippen LogP contribution in [0.3, 0.4) is 0 Å². The van der Waals surface area contributed by atoms with Crippen molar-refractivity contribution in [1.29, 1.82) is 0 Å². The van der Waals surface area contributed by atoms with E-state index in [4.69, 9.17) is 9.72 Å². The van der Waals surface area contributed by atoms with Crippen LogP contribution in [0.25, 0.3) is 78.0 Å². The summed E-state index contributed by atoms with van der Waals surface area (Å²) in [6.07, 6.45) is 2.04. The number of aryl methyl sites for hydroxylation is 1. The van der Waals surface area contributed by atoms with Crippen LogP contribution in [0, 0.1) is 22.9 Å². The van der Waals surface area contributed by atoms with Gasteiger partial charge in [-0.15, -0.1) is 0 Å². The number of ether oxygens (including phenoxy) is 1. The van der Waals surface area contributed by atoms with Crippen molar-refractivity contribution in [2.75, 3.05) is 9.80 Å². The second-order valence-corrected chi connectivity index (χ2v) is 27.1. The van der Waals surface area contributed by atoms with Crippen molar-refractivity contribution in [2.45, 2.75) is 38.5 Å². The molecule has 6 nitrogen and oxygen atoms in total. The molecule has 0 radical (unpaired) electrons. The number of anilines is 6. The molecule has 0 fully saturated rings. The first-order valence-corrected chi connectivity index (χ1v) is 34.1. The summed E-state index contributed by atoms with van der Waals surface area (Å²) < 4.78 is 12.9. The summed E-state index contributed by atoms with van der Waals surface area (Å²) in [5.41, 5.74) is 26.3. The van der Waals surface area contributed by atoms with E-state index in [0.717, 1.165) is 144 Å². The number of imidazole rings is 1. The second-order valence-electron chi connectivity index (χ2n) is 26.1. The van der Waals surface area contributed by atoms with Gasteiger partial charge in [0.05, 0.1) is 11.4 Å². The normalized spacial score (nSPS) is 12.8. The van der Waals surface area contributed by atoms with Crippen molar-refractivity contribution < 1.29 is 24.1 Å². The van der Waals surface area contributed by atoms with E-state index < -0.39 is 5.41 Å². The van der Waals surface area contributed by atoms with Crippen molar-refractivity contribution >= 4 is 45.3 Å². The monoisotopic (exact) mass is 1430 g/mol. The molecule has 1 spiro atoms. The van der Waals surface area contributed by atoms with E-state index in [1.54, 1.807) is 0 Å². The summed E-state index contributed by atoms with van der Waals surface area (Å²) in [5.74, 6) is 1.85. The number of hydrogen-bond donors (Lipinski definition) is 0. The molecule has 468 valence electrons. The quantitative estimate of drug-likeness (QED) is 0.121. The van der Waals surface area contributed by atoms with E-state index in [-0.39, 0.29) is 5.41 Å². The number of aromatic nitrogens is 3. The van der Waals surface area contributed by atoms with E-state index in [1.165, 1.54) is 5.56 Å². The first-order chi connectivity index (χ1) is 47.6. The molecule has 2 aromatic heterocycles. The molecule has 0 aliphatic carbocycles. The molecule has 15 aromatic rings. The van der Waals surface area contributed by atoms with Crippen molar-refractivity contribution in [1.82, 2.24) is 14.1 Å². The molecule has 0 atom stereocenters. The maximum absolute atomic E-state index is 7.24. The van der Waals surface area contributed by atoms with Gasteiger partial charge in [0.1, 0.15) is 0 Å². The van der Waals surface area contributed by atoms with Crippen LogP contribution in [-0.4, -0.2) is 14.1 Å². The molecule has 4 heterocycles. The number of fused-ring (bicyclic) bond motifs is 9. The van der Waals surface area contributed by atoms with Gasteiger partial charge in [0, 0.05) is 17.4 Å². The van der Waals surface area contributed by atoms with Crippen molar-refractivity contribution in [3.63, 3.8) is 0 Å². The van der Waals surface area contributed by atoms with Crippen LogP contribution in [0.5, 0.6) is 11.5 Å². The minimum Gasteiger partial charge on any atom is -0.310 e. The van der Waals surface area contributed by atoms with Crippen molar-refractivity contribution in [2.24, 2.45) is 0 Å². The van der Waals surface area contributed by atoms with Crippen molar-refractivity contribution in [3.8, 4) is 78.5 Å². The Morgan fingerprint density at radius 1 is 0.392 bits per heavy atom. The van der Waals surface area contributed by atoms with E-state index in [0.29, 0.717) is 11.5 Å². The third-order valence-electron chi connectivity index (χ3n) is 19.3. The Morgan fingerprint density at radius 3 is 1.46 bits per heavy atom. The molecule has 0 saturated heterocycles. The predicted molar refractivity (Wildman–Crippen MR) is 393 cm³/mol. The van der Waals surface area contributed by atoms with Gasteiger partial charge in [-0.05, 0) is 75.5 Å². The van der Waals surface area contributed by atoms with Gasteiger partial charge in [-0.2, -0.15) is 0 Å². The van der Waals surface area contributed by atoms with Gasteiger partial charge in [-0.3, -0.25) is 0 Å². The zero-order valence-corrected chi connectivity index (χ0v) is 56.3. The third-order valence-corrected chi connectivity index (χ3v) is 20.3. The Hall–Kier alpha value is -11.4. The van der Waals surface area contributed by atoms with Gasteiger partial charge in [0.25, 0.3) is 0 Å². The minimum absolute atomic E-state index is 0.0268. The molecule has 2 aliphatic heterocycles. The zero-order chi connectivity index (χ0) is 65.4. The van der Waals surface area contributed by atoms with Gasteiger partial charge in [0.2, 0.25) is 0 Å². The molecule has 7 heteroatoms. The fraction of sp³-hybridized carbons (Fsp3) is 0.0667. The fourth-order valence-electron chi connectivity index (χ4n) is 14.8. The molecule has 2 aliphatic rings. The van der Waals surface area contributed by atoms with Gasteiger partial charge < -0.3 is 4.90 Å². The Kier molecular flexibility index (Phi) is 14.7. The molecule has 0 N–H and O–H groups in total. The summed E-state index contributed by atoms with van der Waals surface area (Å²) in [4.78, 5) is 10.3. The Balaban J connectivity index is 0.873. The predicted octanol–water partition coefficient (Wildman–Crippen LogP) is 23.2. The van der Waals surface area contributed by atoms with Crippen molar-refractivity contribution in [3.05, 3.63) is 371 Å². The van der Waals surface area contributed by atoms with E-state index in [2.05, 4.69) is 387 Å². The molecule has 17 rings (SSSR count). The number of benzene rings is 13. The van der Waals surface area contributed by atoms with Crippen LogP contribution in [-0.2, 0) is 30.2 Å². The Morgan fingerprint density at radius 2 is 0.876 bits per heavy atom. The van der Waals surface area contributed by atoms with Crippen LogP contribution in [0.2, 0.25) is 0 Å². The molecule has 13 aromatic carbocycles. The first kappa shape index (κ1) is 59.3. The van der Waals surface area contributed by atoms with Gasteiger partial charge in [-0.25, -0.2) is 0 Å². The Labute approximate surface area is 577 Å². The van der Waals surface area contributed by atoms with Crippen LogP contribution in [0.15, 0.2) is 322 Å². The van der Waals surface area contributed by atoms with Gasteiger partial charge in [-0.1, -0.05) is 166 Å². The van der Waals surface area contributed by atoms with Gasteiger partial charge >= 0.3 is 306 Å². The molecule has 0 bridgehead atoms. The summed E-state index contributed by atoms with van der Waals surface area (Å²) in [7, 11) is 0. The standard InChI is InChI=1S/C90H65N5O.Pt/c1-61-54-87(91-59-76(61)66-44-48-69(49-45-66)89(2,3)4)95-81-41-21-20-40-77(81)90(78-51-46-67(62-26-10-5-11-27-62)55-84(78)94(70-34-18-9-19-35-70)85-56-68(47-52-79(85)90)63-28-12-6-13-29-63)80-53-50-73(58-86(80)95)96-72-37-24-36-71(57-72)92-60-93(83-43-23-22-42-82(83)92)88-74(64-30-14-7-15-31-64)38-25-39-75(88)65-32-16-8-17-33-65;/h5-56,59H,1-4H3;/q-2;. The Bertz CT molecular complexity index is 5420. The maximum atomic E-state index is 7.24. The number of nitrogens with zero attached hydrogens (tertiary/aromatic N) is 5. The third kappa shape index (κ3) is 10.1. The van der Waals surface area contributed by atoms with E-state index in [1.807, 2.05) is 12.3 Å². The molecule has 97 heavy (non-hydrogen) atoms. The zero-order valence-electron chi connectivity index (χ0n) is 54.1. The van der Waals surface area contributed by atoms with Gasteiger partial charge in [0.15, 0.2) is 0 Å². The number of para-hydroxylation sites is 5. The number of rotatable bonds is 11.